The molecule has 0 radical (unpaired) electrons. The molecule has 128 valence electrons. The van der Waals surface area contributed by atoms with Crippen molar-refractivity contribution in [3.8, 4) is 0 Å². The molecular formula is C21H20O4. The van der Waals surface area contributed by atoms with E-state index in [0.717, 1.165) is 0 Å². The number of carboxylic acid groups (broad SMARTS) is 2. The Kier molecular flexibility index (Phi) is 4.93. The lowest BCUT2D eigenvalue weighted by Gasteiger charge is -2.32. The first-order valence-electron chi connectivity index (χ1n) is 7.74. The SMILES string of the molecule is C=Cc1cccc(C(=O)O)c1C(C)(C)c1c(C=C)cccc1C(=O)O. The van der Waals surface area contributed by atoms with Gasteiger partial charge >= 0.3 is 11.9 Å². The first-order chi connectivity index (χ1) is 11.8. The Labute approximate surface area is 146 Å². The highest BCUT2D eigenvalue weighted by Crippen LogP contribution is 2.40. The molecule has 0 aliphatic carbocycles. The second kappa shape index (κ2) is 6.77. The number of rotatable bonds is 6. The molecule has 2 N–H and O–H groups in total. The predicted molar refractivity (Wildman–Crippen MR) is 99.1 cm³/mol. The molecule has 0 fully saturated rings. The summed E-state index contributed by atoms with van der Waals surface area (Å²) in [6, 6.07) is 9.88. The molecule has 0 unspecified atom stereocenters. The van der Waals surface area contributed by atoms with Gasteiger partial charge in [0.05, 0.1) is 11.1 Å². The summed E-state index contributed by atoms with van der Waals surface area (Å²) in [5.74, 6) is -2.14. The quantitative estimate of drug-likeness (QED) is 0.802. The van der Waals surface area contributed by atoms with E-state index in [-0.39, 0.29) is 11.1 Å². The summed E-state index contributed by atoms with van der Waals surface area (Å²) in [6.45, 7) is 11.2. The molecule has 4 heteroatoms. The van der Waals surface area contributed by atoms with Crippen molar-refractivity contribution in [2.75, 3.05) is 0 Å². The minimum absolute atomic E-state index is 0.123. The zero-order valence-electron chi connectivity index (χ0n) is 14.2. The molecule has 2 aromatic carbocycles. The number of benzene rings is 2. The third-order valence-corrected chi connectivity index (χ3v) is 4.34. The van der Waals surface area contributed by atoms with E-state index in [0.29, 0.717) is 22.3 Å². The molecule has 4 nitrogen and oxygen atoms in total. The third kappa shape index (κ3) is 3.11. The molecule has 0 saturated heterocycles. The minimum atomic E-state index is -1.07. The van der Waals surface area contributed by atoms with Crippen molar-refractivity contribution in [3.63, 3.8) is 0 Å². The van der Waals surface area contributed by atoms with Gasteiger partial charge in [0.1, 0.15) is 0 Å². The standard InChI is InChI=1S/C21H20O4/c1-5-13-9-7-11-15(19(22)23)17(13)21(3,4)18-14(6-2)10-8-12-16(18)20(24)25/h5-12H,1-2H2,3-4H3,(H,22,23)(H,24,25). The summed E-state index contributed by atoms with van der Waals surface area (Å²) in [4.78, 5) is 23.5. The highest BCUT2D eigenvalue weighted by atomic mass is 16.4. The Hall–Kier alpha value is -3.14. The third-order valence-electron chi connectivity index (χ3n) is 4.34. The van der Waals surface area contributed by atoms with E-state index < -0.39 is 17.4 Å². The van der Waals surface area contributed by atoms with Gasteiger partial charge < -0.3 is 10.2 Å². The molecule has 2 aromatic rings. The van der Waals surface area contributed by atoms with Crippen LogP contribution in [0.3, 0.4) is 0 Å². The first-order valence-corrected chi connectivity index (χ1v) is 7.74. The smallest absolute Gasteiger partial charge is 0.336 e. The van der Waals surface area contributed by atoms with Gasteiger partial charge in [-0.25, -0.2) is 9.59 Å². The normalized spacial score (nSPS) is 11.0. The fourth-order valence-corrected chi connectivity index (χ4v) is 3.36. The lowest BCUT2D eigenvalue weighted by molar-refractivity contribution is 0.0686. The Morgan fingerprint density at radius 1 is 0.840 bits per heavy atom. The van der Waals surface area contributed by atoms with Crippen molar-refractivity contribution < 1.29 is 19.8 Å². The van der Waals surface area contributed by atoms with Gasteiger partial charge in [-0.3, -0.25) is 0 Å². The zero-order valence-corrected chi connectivity index (χ0v) is 14.2. The van der Waals surface area contributed by atoms with Crippen molar-refractivity contribution in [3.05, 3.63) is 82.9 Å². The van der Waals surface area contributed by atoms with Crippen LogP contribution in [0.4, 0.5) is 0 Å². The van der Waals surface area contributed by atoms with Crippen molar-refractivity contribution in [2.45, 2.75) is 19.3 Å². The van der Waals surface area contributed by atoms with Crippen LogP contribution in [0.1, 0.15) is 56.8 Å². The number of hydrogen-bond donors (Lipinski definition) is 2. The summed E-state index contributed by atoms with van der Waals surface area (Å²) < 4.78 is 0. The number of carboxylic acids is 2. The maximum absolute atomic E-state index is 11.8. The largest absolute Gasteiger partial charge is 0.478 e. The van der Waals surface area contributed by atoms with Crippen molar-refractivity contribution in [1.82, 2.24) is 0 Å². The van der Waals surface area contributed by atoms with Crippen molar-refractivity contribution >= 4 is 24.1 Å². The summed E-state index contributed by atoms with van der Waals surface area (Å²) in [5, 5.41) is 19.3. The highest BCUT2D eigenvalue weighted by Gasteiger charge is 2.34. The zero-order chi connectivity index (χ0) is 18.8. The van der Waals surface area contributed by atoms with Crippen LogP contribution in [-0.4, -0.2) is 22.2 Å². The molecule has 0 amide bonds. The number of hydrogen-bond acceptors (Lipinski definition) is 2. The maximum Gasteiger partial charge on any atom is 0.336 e. The molecule has 2 rings (SSSR count). The minimum Gasteiger partial charge on any atom is -0.478 e. The van der Waals surface area contributed by atoms with Gasteiger partial charge in [0.15, 0.2) is 0 Å². The average Bonchev–Trinajstić information content (AvgIpc) is 2.59. The van der Waals surface area contributed by atoms with Crippen LogP contribution < -0.4 is 0 Å². The van der Waals surface area contributed by atoms with Crippen LogP contribution in [0, 0.1) is 0 Å². The fourth-order valence-electron chi connectivity index (χ4n) is 3.36. The van der Waals surface area contributed by atoms with Gasteiger partial charge in [-0.1, -0.05) is 63.4 Å². The van der Waals surface area contributed by atoms with Crippen LogP contribution >= 0.6 is 0 Å². The summed E-state index contributed by atoms with van der Waals surface area (Å²) in [5.41, 5.74) is 1.70. The van der Waals surface area contributed by atoms with E-state index in [1.165, 1.54) is 12.1 Å². The Balaban J connectivity index is 2.95. The molecule has 25 heavy (non-hydrogen) atoms. The van der Waals surface area contributed by atoms with E-state index in [1.807, 2.05) is 13.8 Å². The van der Waals surface area contributed by atoms with Crippen LogP contribution in [0.25, 0.3) is 12.2 Å². The van der Waals surface area contributed by atoms with E-state index >= 15 is 0 Å². The van der Waals surface area contributed by atoms with Crippen LogP contribution in [0.5, 0.6) is 0 Å². The molecule has 0 saturated carbocycles. The highest BCUT2D eigenvalue weighted by molar-refractivity contribution is 5.94. The maximum atomic E-state index is 11.8. The van der Waals surface area contributed by atoms with Gasteiger partial charge in [0, 0.05) is 5.41 Å². The van der Waals surface area contributed by atoms with Crippen LogP contribution in [0.15, 0.2) is 49.6 Å². The van der Waals surface area contributed by atoms with Crippen LogP contribution in [0.2, 0.25) is 0 Å². The topological polar surface area (TPSA) is 74.6 Å². The molecule has 0 aliphatic rings. The molecule has 0 bridgehead atoms. The van der Waals surface area contributed by atoms with Gasteiger partial charge in [0.2, 0.25) is 0 Å². The second-order valence-corrected chi connectivity index (χ2v) is 6.18. The predicted octanol–water partition coefficient (Wildman–Crippen LogP) is 4.69. The van der Waals surface area contributed by atoms with Crippen molar-refractivity contribution in [2.24, 2.45) is 0 Å². The lowest BCUT2D eigenvalue weighted by Crippen LogP contribution is -2.27. The summed E-state index contributed by atoms with van der Waals surface area (Å²) in [6.07, 6.45) is 3.17. The van der Waals surface area contributed by atoms with E-state index in [4.69, 9.17) is 0 Å². The Bertz CT molecular complexity index is 804. The Morgan fingerprint density at radius 3 is 1.48 bits per heavy atom. The number of aromatic carboxylic acids is 2. The average molecular weight is 336 g/mol. The van der Waals surface area contributed by atoms with E-state index in [2.05, 4.69) is 13.2 Å². The van der Waals surface area contributed by atoms with Gasteiger partial charge in [-0.2, -0.15) is 0 Å². The van der Waals surface area contributed by atoms with Crippen LogP contribution in [-0.2, 0) is 5.41 Å². The molecule has 0 atom stereocenters. The van der Waals surface area contributed by atoms with Gasteiger partial charge in [-0.15, -0.1) is 0 Å². The van der Waals surface area contributed by atoms with Gasteiger partial charge in [-0.05, 0) is 34.4 Å². The lowest BCUT2D eigenvalue weighted by atomic mass is 9.70. The first kappa shape index (κ1) is 18.2. The number of carbonyl (C=O) groups is 2. The summed E-state index contributed by atoms with van der Waals surface area (Å²) >= 11 is 0. The molecule has 0 heterocycles. The summed E-state index contributed by atoms with van der Waals surface area (Å²) in [7, 11) is 0. The van der Waals surface area contributed by atoms with Crippen molar-refractivity contribution in [1.29, 1.82) is 0 Å². The Morgan fingerprint density at radius 2 is 1.20 bits per heavy atom. The molecule has 0 aromatic heterocycles. The van der Waals surface area contributed by atoms with Gasteiger partial charge in [0.25, 0.3) is 0 Å². The van der Waals surface area contributed by atoms with E-state index in [9.17, 15) is 19.8 Å². The monoisotopic (exact) mass is 336 g/mol. The molecular weight excluding hydrogens is 316 g/mol. The second-order valence-electron chi connectivity index (χ2n) is 6.18. The van der Waals surface area contributed by atoms with E-state index in [1.54, 1.807) is 36.4 Å². The molecule has 0 spiro atoms. The molecule has 0 aliphatic heterocycles. The fraction of sp³-hybridized carbons (Fsp3) is 0.143.